The Bertz CT molecular complexity index is 315. The van der Waals surface area contributed by atoms with Gasteiger partial charge in [0.05, 0.1) is 12.0 Å². The molecule has 0 spiro atoms. The van der Waals surface area contributed by atoms with Gasteiger partial charge in [-0.1, -0.05) is 0 Å². The Labute approximate surface area is 88.4 Å². The highest BCUT2D eigenvalue weighted by Gasteiger charge is 2.41. The second kappa shape index (κ2) is 4.31. The molecule has 1 fully saturated rings. The van der Waals surface area contributed by atoms with E-state index < -0.39 is 21.8 Å². The summed E-state index contributed by atoms with van der Waals surface area (Å²) in [4.78, 5) is 0. The lowest BCUT2D eigenvalue weighted by Gasteiger charge is -2.27. The lowest BCUT2D eigenvalue weighted by Crippen LogP contribution is -2.29. The standard InChI is InChI=1S/C9H16F3NOS/c1-15(2,14)13-8-5-3-7(4-6-8)9(10,11)12/h7-8H,3-6H2,1-2H3. The van der Waals surface area contributed by atoms with Gasteiger partial charge in [0, 0.05) is 22.2 Å². The molecule has 0 bridgehead atoms. The second-order valence-corrected chi connectivity index (χ2v) is 6.91. The van der Waals surface area contributed by atoms with Gasteiger partial charge in [0.1, 0.15) is 0 Å². The van der Waals surface area contributed by atoms with Crippen LogP contribution in [0.4, 0.5) is 13.2 Å². The maximum Gasteiger partial charge on any atom is 0.391 e. The van der Waals surface area contributed by atoms with Gasteiger partial charge in [-0.05, 0) is 25.7 Å². The van der Waals surface area contributed by atoms with Crippen molar-refractivity contribution < 1.29 is 17.4 Å². The lowest BCUT2D eigenvalue weighted by atomic mass is 9.86. The minimum atomic E-state index is -4.08. The van der Waals surface area contributed by atoms with Crippen molar-refractivity contribution in [2.45, 2.75) is 37.9 Å². The Hall–Kier alpha value is -0.260. The molecule has 0 heterocycles. The fourth-order valence-electron chi connectivity index (χ4n) is 1.87. The van der Waals surface area contributed by atoms with Crippen LogP contribution in [0.2, 0.25) is 0 Å². The first kappa shape index (κ1) is 12.8. The predicted molar refractivity (Wildman–Crippen MR) is 54.2 cm³/mol. The predicted octanol–water partition coefficient (Wildman–Crippen LogP) is 2.84. The Morgan fingerprint density at radius 2 is 1.60 bits per heavy atom. The van der Waals surface area contributed by atoms with Crippen LogP contribution in [0.25, 0.3) is 0 Å². The van der Waals surface area contributed by atoms with Gasteiger partial charge < -0.3 is 0 Å². The van der Waals surface area contributed by atoms with Crippen molar-refractivity contribution in [1.29, 1.82) is 0 Å². The number of nitrogens with zero attached hydrogens (tertiary/aromatic N) is 1. The van der Waals surface area contributed by atoms with Crippen LogP contribution in [0, 0.1) is 5.92 Å². The minimum absolute atomic E-state index is 0.118. The molecule has 0 aromatic heterocycles. The van der Waals surface area contributed by atoms with E-state index in [4.69, 9.17) is 0 Å². The SMILES string of the molecule is CS(C)(=O)=NC1CCC(C(F)(F)F)CC1. The minimum Gasteiger partial charge on any atom is -0.250 e. The van der Waals surface area contributed by atoms with Crippen molar-refractivity contribution in [3.05, 3.63) is 0 Å². The average molecular weight is 243 g/mol. The van der Waals surface area contributed by atoms with Crippen molar-refractivity contribution in [1.82, 2.24) is 0 Å². The van der Waals surface area contributed by atoms with E-state index >= 15 is 0 Å². The number of rotatable bonds is 1. The summed E-state index contributed by atoms with van der Waals surface area (Å²) in [7, 11) is -2.18. The van der Waals surface area contributed by atoms with Crippen LogP contribution < -0.4 is 0 Å². The Morgan fingerprint density at radius 3 is 1.93 bits per heavy atom. The molecule has 1 aliphatic carbocycles. The van der Waals surface area contributed by atoms with Gasteiger partial charge >= 0.3 is 6.18 Å². The Kier molecular flexibility index (Phi) is 3.68. The number of halogens is 3. The molecule has 1 rings (SSSR count). The molecule has 90 valence electrons. The smallest absolute Gasteiger partial charge is 0.250 e. The first-order valence-corrected chi connectivity index (χ1v) is 7.24. The van der Waals surface area contributed by atoms with E-state index in [2.05, 4.69) is 4.36 Å². The average Bonchev–Trinajstić information content (AvgIpc) is 2.00. The molecule has 1 aliphatic rings. The van der Waals surface area contributed by atoms with Crippen molar-refractivity contribution in [3.8, 4) is 0 Å². The first-order chi connectivity index (χ1) is 6.68. The summed E-state index contributed by atoms with van der Waals surface area (Å²) in [5.41, 5.74) is 0. The normalized spacial score (nSPS) is 28.9. The molecular weight excluding hydrogens is 227 g/mol. The molecule has 0 aromatic rings. The van der Waals surface area contributed by atoms with Crippen molar-refractivity contribution in [2.24, 2.45) is 10.3 Å². The molecular formula is C9H16F3NOS. The van der Waals surface area contributed by atoms with Crippen LogP contribution in [0.3, 0.4) is 0 Å². The first-order valence-electron chi connectivity index (χ1n) is 4.91. The summed E-state index contributed by atoms with van der Waals surface area (Å²) in [5, 5.41) is 0. The summed E-state index contributed by atoms with van der Waals surface area (Å²) in [5.74, 6) is -1.19. The number of hydrogen-bond acceptors (Lipinski definition) is 2. The summed E-state index contributed by atoms with van der Waals surface area (Å²) in [6.45, 7) is 0. The Morgan fingerprint density at radius 1 is 1.13 bits per heavy atom. The quantitative estimate of drug-likeness (QED) is 0.696. The van der Waals surface area contributed by atoms with E-state index in [1.165, 1.54) is 12.5 Å². The molecule has 0 unspecified atom stereocenters. The van der Waals surface area contributed by atoms with Gasteiger partial charge in [-0.3, -0.25) is 4.21 Å². The highest BCUT2D eigenvalue weighted by Crippen LogP contribution is 2.38. The highest BCUT2D eigenvalue weighted by molar-refractivity contribution is 7.92. The van der Waals surface area contributed by atoms with E-state index in [1.807, 2.05) is 0 Å². The number of alkyl halides is 3. The van der Waals surface area contributed by atoms with Crippen LogP contribution in [0.1, 0.15) is 25.7 Å². The van der Waals surface area contributed by atoms with E-state index in [0.29, 0.717) is 12.8 Å². The van der Waals surface area contributed by atoms with Crippen molar-refractivity contribution in [3.63, 3.8) is 0 Å². The van der Waals surface area contributed by atoms with Gasteiger partial charge in [0.15, 0.2) is 0 Å². The third-order valence-corrected chi connectivity index (χ3v) is 3.37. The third-order valence-electron chi connectivity index (χ3n) is 2.56. The number of hydrogen-bond donors (Lipinski definition) is 0. The summed E-state index contributed by atoms with van der Waals surface area (Å²) < 4.78 is 52.3. The molecule has 0 N–H and O–H groups in total. The zero-order valence-corrected chi connectivity index (χ0v) is 9.70. The van der Waals surface area contributed by atoms with Gasteiger partial charge in [0.2, 0.25) is 0 Å². The van der Waals surface area contributed by atoms with Crippen LogP contribution >= 0.6 is 0 Å². The summed E-state index contributed by atoms with van der Waals surface area (Å²) in [6, 6.07) is -0.147. The van der Waals surface area contributed by atoms with Crippen LogP contribution in [-0.2, 0) is 9.73 Å². The molecule has 0 radical (unpaired) electrons. The van der Waals surface area contributed by atoms with Gasteiger partial charge in [0.25, 0.3) is 0 Å². The second-order valence-electron chi connectivity index (χ2n) is 4.33. The lowest BCUT2D eigenvalue weighted by molar-refractivity contribution is -0.182. The van der Waals surface area contributed by atoms with Crippen LogP contribution in [0.15, 0.2) is 4.36 Å². The topological polar surface area (TPSA) is 29.4 Å². The Balaban J connectivity index is 2.54. The molecule has 0 amide bonds. The molecule has 2 nitrogen and oxygen atoms in total. The van der Waals surface area contributed by atoms with Crippen LogP contribution in [-0.4, -0.2) is 28.9 Å². The molecule has 1 saturated carbocycles. The zero-order chi connectivity index (χ0) is 11.7. The van der Waals surface area contributed by atoms with Gasteiger partial charge in [-0.15, -0.1) is 0 Å². The van der Waals surface area contributed by atoms with Gasteiger partial charge in [-0.2, -0.15) is 13.2 Å². The largest absolute Gasteiger partial charge is 0.391 e. The zero-order valence-electron chi connectivity index (χ0n) is 8.88. The van der Waals surface area contributed by atoms with Crippen molar-refractivity contribution in [2.75, 3.05) is 12.5 Å². The third kappa shape index (κ3) is 4.40. The highest BCUT2D eigenvalue weighted by atomic mass is 32.2. The van der Waals surface area contributed by atoms with Crippen molar-refractivity contribution >= 4 is 9.73 Å². The molecule has 0 aliphatic heterocycles. The fourth-order valence-corrected chi connectivity index (χ4v) is 2.80. The maximum atomic E-state index is 12.3. The fraction of sp³-hybridized carbons (Fsp3) is 1.00. The van der Waals surface area contributed by atoms with Gasteiger partial charge in [-0.25, -0.2) is 4.36 Å². The van der Waals surface area contributed by atoms with E-state index in [-0.39, 0.29) is 18.9 Å². The molecule has 6 heteroatoms. The molecule has 0 aromatic carbocycles. The molecule has 15 heavy (non-hydrogen) atoms. The molecule has 0 atom stereocenters. The summed E-state index contributed by atoms with van der Waals surface area (Å²) >= 11 is 0. The summed E-state index contributed by atoms with van der Waals surface area (Å²) in [6.07, 6.45) is 0.00255. The van der Waals surface area contributed by atoms with E-state index in [0.717, 1.165) is 0 Å². The molecule has 0 saturated heterocycles. The monoisotopic (exact) mass is 243 g/mol. The maximum absolute atomic E-state index is 12.3. The van der Waals surface area contributed by atoms with Crippen LogP contribution in [0.5, 0.6) is 0 Å². The van der Waals surface area contributed by atoms with E-state index in [1.54, 1.807) is 0 Å². The van der Waals surface area contributed by atoms with E-state index in [9.17, 15) is 17.4 Å².